The largest absolute Gasteiger partial charge is 0.273 e. The molecule has 0 atom stereocenters. The summed E-state index contributed by atoms with van der Waals surface area (Å²) in [5.74, 6) is -0.710. The van der Waals surface area contributed by atoms with Crippen LogP contribution in [-0.2, 0) is 16.0 Å². The van der Waals surface area contributed by atoms with Gasteiger partial charge in [-0.05, 0) is 34.5 Å². The number of hydrogen-bond acceptors (Lipinski definition) is 3. The fraction of sp³-hybridized carbons (Fsp3) is 0.0417. The van der Waals surface area contributed by atoms with Gasteiger partial charge in [0.05, 0.1) is 18.3 Å². The Hall–Kier alpha value is -4.19. The molecule has 4 rings (SSSR count). The zero-order valence-electron chi connectivity index (χ0n) is 16.2. The molecule has 0 unspecified atom stereocenters. The zero-order valence-corrected chi connectivity index (χ0v) is 16.2. The maximum Gasteiger partial charge on any atom is 0.262 e. The molecule has 6 nitrogen and oxygen atoms in total. The molecule has 0 aliphatic heterocycles. The van der Waals surface area contributed by atoms with Crippen LogP contribution in [0.25, 0.3) is 22.5 Å². The molecular formula is C24H20N4O2. The van der Waals surface area contributed by atoms with Crippen LogP contribution in [0.3, 0.4) is 0 Å². The quantitative estimate of drug-likeness (QED) is 0.401. The molecule has 1 heterocycles. The number of nitrogens with zero attached hydrogens (tertiary/aromatic N) is 2. The van der Waals surface area contributed by atoms with E-state index in [0.29, 0.717) is 0 Å². The van der Waals surface area contributed by atoms with Crippen molar-refractivity contribution in [2.45, 2.75) is 6.42 Å². The van der Waals surface area contributed by atoms with Crippen molar-refractivity contribution in [3.05, 3.63) is 102 Å². The lowest BCUT2D eigenvalue weighted by Crippen LogP contribution is -2.41. The molecule has 0 saturated heterocycles. The number of fused-ring (bicyclic) bond motifs is 1. The molecule has 2 amide bonds. The van der Waals surface area contributed by atoms with E-state index in [1.54, 1.807) is 17.0 Å². The Bertz CT molecular complexity index is 1210. The van der Waals surface area contributed by atoms with E-state index in [-0.39, 0.29) is 12.3 Å². The SMILES string of the molecule is O=C(/C=C/c1cnn(-c2ccccc2)c1)NNC(=O)Cc1cccc2ccccc12. The number of nitrogens with one attached hydrogen (secondary N) is 2. The minimum absolute atomic E-state index is 0.176. The maximum atomic E-state index is 12.2. The summed E-state index contributed by atoms with van der Waals surface area (Å²) in [6.45, 7) is 0. The normalized spacial score (nSPS) is 10.9. The van der Waals surface area contributed by atoms with Gasteiger partial charge in [0.15, 0.2) is 0 Å². The van der Waals surface area contributed by atoms with Crippen LogP contribution in [0.2, 0.25) is 0 Å². The van der Waals surface area contributed by atoms with E-state index in [0.717, 1.165) is 27.6 Å². The fourth-order valence-electron chi connectivity index (χ4n) is 3.15. The Kier molecular flexibility index (Phi) is 5.66. The van der Waals surface area contributed by atoms with Gasteiger partial charge in [-0.1, -0.05) is 60.7 Å². The number of aromatic nitrogens is 2. The number of hydrogen-bond donors (Lipinski definition) is 2. The highest BCUT2D eigenvalue weighted by atomic mass is 16.2. The standard InChI is InChI=1S/C24H20N4O2/c29-23(14-13-18-16-25-28(17-18)21-10-2-1-3-11-21)26-27-24(30)15-20-9-6-8-19-7-4-5-12-22(19)20/h1-14,16-17H,15H2,(H,26,29)(H,27,30)/b14-13+. The van der Waals surface area contributed by atoms with Crippen molar-refractivity contribution in [1.82, 2.24) is 20.6 Å². The Labute approximate surface area is 173 Å². The molecule has 2 N–H and O–H groups in total. The van der Waals surface area contributed by atoms with Crippen molar-refractivity contribution in [2.24, 2.45) is 0 Å². The molecule has 30 heavy (non-hydrogen) atoms. The number of para-hydroxylation sites is 1. The summed E-state index contributed by atoms with van der Waals surface area (Å²) in [5, 5.41) is 6.37. The molecule has 148 valence electrons. The van der Waals surface area contributed by atoms with Crippen LogP contribution in [0, 0.1) is 0 Å². The highest BCUT2D eigenvalue weighted by Gasteiger charge is 2.07. The Morgan fingerprint density at radius 3 is 2.53 bits per heavy atom. The molecule has 0 fully saturated rings. The molecule has 0 saturated carbocycles. The molecule has 0 aliphatic rings. The van der Waals surface area contributed by atoms with Gasteiger partial charge >= 0.3 is 0 Å². The lowest BCUT2D eigenvalue weighted by Gasteiger charge is -2.08. The van der Waals surface area contributed by atoms with Crippen LogP contribution < -0.4 is 10.9 Å². The van der Waals surface area contributed by atoms with Gasteiger partial charge in [-0.25, -0.2) is 4.68 Å². The van der Waals surface area contributed by atoms with Gasteiger partial charge in [0.1, 0.15) is 0 Å². The van der Waals surface area contributed by atoms with Crippen LogP contribution >= 0.6 is 0 Å². The molecule has 0 aliphatic carbocycles. The average Bonchev–Trinajstić information content (AvgIpc) is 3.26. The highest BCUT2D eigenvalue weighted by molar-refractivity contribution is 5.94. The molecule has 0 spiro atoms. The van der Waals surface area contributed by atoms with Gasteiger partial charge in [0.2, 0.25) is 5.91 Å². The minimum Gasteiger partial charge on any atom is -0.273 e. The molecule has 4 aromatic rings. The number of benzene rings is 3. The van der Waals surface area contributed by atoms with E-state index < -0.39 is 5.91 Å². The van der Waals surface area contributed by atoms with Crippen molar-refractivity contribution in [1.29, 1.82) is 0 Å². The van der Waals surface area contributed by atoms with Crippen LogP contribution in [-0.4, -0.2) is 21.6 Å². The Morgan fingerprint density at radius 2 is 1.67 bits per heavy atom. The summed E-state index contributed by atoms with van der Waals surface area (Å²) in [6, 6.07) is 23.4. The number of carbonyl (C=O) groups is 2. The maximum absolute atomic E-state index is 12.2. The number of carbonyl (C=O) groups excluding carboxylic acids is 2. The van der Waals surface area contributed by atoms with Crippen molar-refractivity contribution >= 4 is 28.7 Å². The zero-order chi connectivity index (χ0) is 20.8. The lowest BCUT2D eigenvalue weighted by atomic mass is 10.0. The van der Waals surface area contributed by atoms with Gasteiger partial charge in [-0.15, -0.1) is 0 Å². The summed E-state index contributed by atoms with van der Waals surface area (Å²) >= 11 is 0. The first-order valence-corrected chi connectivity index (χ1v) is 9.53. The third kappa shape index (κ3) is 4.62. The number of rotatable bonds is 5. The number of amides is 2. The molecule has 1 aromatic heterocycles. The van der Waals surface area contributed by atoms with Gasteiger partial charge in [-0.2, -0.15) is 5.10 Å². The molecule has 0 radical (unpaired) electrons. The molecule has 3 aromatic carbocycles. The second kappa shape index (κ2) is 8.87. The fourth-order valence-corrected chi connectivity index (χ4v) is 3.15. The van der Waals surface area contributed by atoms with E-state index in [1.807, 2.05) is 79.0 Å². The molecule has 0 bridgehead atoms. The van der Waals surface area contributed by atoms with Crippen LogP contribution in [0.1, 0.15) is 11.1 Å². The first-order chi connectivity index (χ1) is 14.7. The minimum atomic E-state index is -0.422. The van der Waals surface area contributed by atoms with Gasteiger partial charge < -0.3 is 0 Å². The second-order valence-corrected chi connectivity index (χ2v) is 6.74. The second-order valence-electron chi connectivity index (χ2n) is 6.74. The Balaban J connectivity index is 1.31. The van der Waals surface area contributed by atoms with Gasteiger partial charge in [-0.3, -0.25) is 20.4 Å². The van der Waals surface area contributed by atoms with Gasteiger partial charge in [0, 0.05) is 17.8 Å². The van der Waals surface area contributed by atoms with Gasteiger partial charge in [0.25, 0.3) is 5.91 Å². The van der Waals surface area contributed by atoms with E-state index >= 15 is 0 Å². The smallest absolute Gasteiger partial charge is 0.262 e. The molecule has 6 heteroatoms. The van der Waals surface area contributed by atoms with Crippen molar-refractivity contribution in [2.75, 3.05) is 0 Å². The monoisotopic (exact) mass is 396 g/mol. The topological polar surface area (TPSA) is 76.0 Å². The predicted octanol–water partition coefficient (Wildman–Crippen LogP) is 3.43. The third-order valence-corrected chi connectivity index (χ3v) is 4.61. The first-order valence-electron chi connectivity index (χ1n) is 9.53. The summed E-state index contributed by atoms with van der Waals surface area (Å²) in [7, 11) is 0. The van der Waals surface area contributed by atoms with Crippen molar-refractivity contribution in [3.8, 4) is 5.69 Å². The van der Waals surface area contributed by atoms with E-state index in [4.69, 9.17) is 0 Å². The highest BCUT2D eigenvalue weighted by Crippen LogP contribution is 2.18. The summed E-state index contributed by atoms with van der Waals surface area (Å²) < 4.78 is 1.73. The van der Waals surface area contributed by atoms with Crippen LogP contribution in [0.15, 0.2) is 91.3 Å². The van der Waals surface area contributed by atoms with E-state index in [1.165, 1.54) is 6.08 Å². The van der Waals surface area contributed by atoms with Crippen molar-refractivity contribution < 1.29 is 9.59 Å². The van der Waals surface area contributed by atoms with Crippen molar-refractivity contribution in [3.63, 3.8) is 0 Å². The number of hydrazine groups is 1. The lowest BCUT2D eigenvalue weighted by molar-refractivity contribution is -0.126. The van der Waals surface area contributed by atoms with Crippen LogP contribution in [0.5, 0.6) is 0 Å². The Morgan fingerprint density at radius 1 is 0.900 bits per heavy atom. The first kappa shape index (κ1) is 19.1. The van der Waals surface area contributed by atoms with E-state index in [2.05, 4.69) is 16.0 Å². The predicted molar refractivity (Wildman–Crippen MR) is 117 cm³/mol. The third-order valence-electron chi connectivity index (χ3n) is 4.61. The summed E-state index contributed by atoms with van der Waals surface area (Å²) in [5.41, 5.74) is 7.47. The molecular weight excluding hydrogens is 376 g/mol. The average molecular weight is 396 g/mol. The summed E-state index contributed by atoms with van der Waals surface area (Å²) in [4.78, 5) is 24.3. The van der Waals surface area contributed by atoms with Crippen LogP contribution in [0.4, 0.5) is 0 Å². The van der Waals surface area contributed by atoms with E-state index in [9.17, 15) is 9.59 Å². The summed E-state index contributed by atoms with van der Waals surface area (Å²) in [6.07, 6.45) is 6.65.